The van der Waals surface area contributed by atoms with Crippen molar-refractivity contribution in [1.82, 2.24) is 0 Å². The van der Waals surface area contributed by atoms with Crippen molar-refractivity contribution in [3.05, 3.63) is 65.7 Å². The Labute approximate surface area is 164 Å². The Morgan fingerprint density at radius 1 is 0.926 bits per heavy atom. The highest BCUT2D eigenvalue weighted by atomic mass is 16.1. The third-order valence-corrected chi connectivity index (χ3v) is 4.80. The molecule has 2 heteroatoms. The second-order valence-corrected chi connectivity index (χ2v) is 9.40. The normalized spacial score (nSPS) is 12.0. The zero-order valence-electron chi connectivity index (χ0n) is 18.1. The van der Waals surface area contributed by atoms with Crippen molar-refractivity contribution >= 4 is 11.5 Å². The van der Waals surface area contributed by atoms with E-state index in [2.05, 4.69) is 71.2 Å². The average molecular weight is 364 g/mol. The predicted molar refractivity (Wildman–Crippen MR) is 118 cm³/mol. The minimum atomic E-state index is -0.190. The Balaban J connectivity index is 3.15. The fraction of sp³-hybridized carbons (Fsp3) is 0.400. The molecule has 0 heterocycles. The number of rotatable bonds is 4. The second kappa shape index (κ2) is 7.34. The molecule has 0 fully saturated rings. The SMILES string of the molecule is C=CC(=O)c1c(C(C)(C)C)c(-c2ccccc2)cc(N(C)C)c1C(C)(C)C. The predicted octanol–water partition coefficient (Wildman–Crippen LogP) is 6.38. The van der Waals surface area contributed by atoms with Crippen LogP contribution in [0.4, 0.5) is 5.69 Å². The number of ketones is 1. The van der Waals surface area contributed by atoms with Gasteiger partial charge < -0.3 is 4.90 Å². The van der Waals surface area contributed by atoms with E-state index in [1.807, 2.05) is 32.3 Å². The van der Waals surface area contributed by atoms with E-state index in [1.54, 1.807) is 0 Å². The van der Waals surface area contributed by atoms with E-state index in [-0.39, 0.29) is 16.6 Å². The Bertz CT molecular complexity index is 847. The summed E-state index contributed by atoms with van der Waals surface area (Å²) in [5.41, 5.74) is 5.94. The Hall–Kier alpha value is -2.35. The lowest BCUT2D eigenvalue weighted by Crippen LogP contribution is -2.27. The molecule has 0 unspecified atom stereocenters. The molecule has 0 spiro atoms. The molecular formula is C25H33NO. The average Bonchev–Trinajstić information content (AvgIpc) is 2.58. The second-order valence-electron chi connectivity index (χ2n) is 9.40. The van der Waals surface area contributed by atoms with Crippen LogP contribution in [0.25, 0.3) is 11.1 Å². The van der Waals surface area contributed by atoms with E-state index in [9.17, 15) is 4.79 Å². The van der Waals surface area contributed by atoms with Gasteiger partial charge in [-0.25, -0.2) is 0 Å². The molecule has 2 aromatic rings. The van der Waals surface area contributed by atoms with Crippen molar-refractivity contribution in [3.8, 4) is 11.1 Å². The van der Waals surface area contributed by atoms with Crippen molar-refractivity contribution in [2.45, 2.75) is 52.4 Å². The molecule has 0 radical (unpaired) electrons. The van der Waals surface area contributed by atoms with Crippen LogP contribution >= 0.6 is 0 Å². The van der Waals surface area contributed by atoms with Crippen molar-refractivity contribution < 1.29 is 4.79 Å². The molecule has 2 rings (SSSR count). The highest BCUT2D eigenvalue weighted by Crippen LogP contribution is 2.45. The lowest BCUT2D eigenvalue weighted by molar-refractivity contribution is 0.104. The summed E-state index contributed by atoms with van der Waals surface area (Å²) in [5.74, 6) is -0.00858. The molecule has 27 heavy (non-hydrogen) atoms. The monoisotopic (exact) mass is 363 g/mol. The van der Waals surface area contributed by atoms with Gasteiger partial charge >= 0.3 is 0 Å². The number of benzene rings is 2. The van der Waals surface area contributed by atoms with Gasteiger partial charge in [-0.3, -0.25) is 4.79 Å². The van der Waals surface area contributed by atoms with Gasteiger partial charge in [0.2, 0.25) is 0 Å². The number of hydrogen-bond donors (Lipinski definition) is 0. The molecule has 0 aliphatic rings. The first-order chi connectivity index (χ1) is 12.4. The number of anilines is 1. The Kier molecular flexibility index (Phi) is 5.70. The van der Waals surface area contributed by atoms with E-state index >= 15 is 0 Å². The zero-order valence-corrected chi connectivity index (χ0v) is 18.1. The molecule has 0 aromatic heterocycles. The highest BCUT2D eigenvalue weighted by Gasteiger charge is 2.33. The van der Waals surface area contributed by atoms with Gasteiger partial charge in [0.15, 0.2) is 5.78 Å². The fourth-order valence-corrected chi connectivity index (χ4v) is 3.75. The number of carbonyl (C=O) groups is 1. The van der Waals surface area contributed by atoms with Gasteiger partial charge in [0.25, 0.3) is 0 Å². The first kappa shape index (κ1) is 21.0. The van der Waals surface area contributed by atoms with Crippen molar-refractivity contribution in [3.63, 3.8) is 0 Å². The molecule has 0 N–H and O–H groups in total. The van der Waals surface area contributed by atoms with Crippen LogP contribution in [0, 0.1) is 0 Å². The van der Waals surface area contributed by atoms with Crippen LogP contribution in [-0.4, -0.2) is 19.9 Å². The molecule has 0 aliphatic carbocycles. The minimum Gasteiger partial charge on any atom is -0.377 e. The topological polar surface area (TPSA) is 20.3 Å². The maximum absolute atomic E-state index is 13.2. The van der Waals surface area contributed by atoms with Crippen LogP contribution in [0.1, 0.15) is 63.0 Å². The lowest BCUT2D eigenvalue weighted by atomic mass is 9.71. The molecule has 2 nitrogen and oxygen atoms in total. The fourth-order valence-electron chi connectivity index (χ4n) is 3.75. The maximum atomic E-state index is 13.2. The van der Waals surface area contributed by atoms with E-state index in [1.165, 1.54) is 6.08 Å². The van der Waals surface area contributed by atoms with Crippen LogP contribution < -0.4 is 4.90 Å². The largest absolute Gasteiger partial charge is 0.377 e. The summed E-state index contributed by atoms with van der Waals surface area (Å²) in [6.07, 6.45) is 1.45. The molecule has 0 amide bonds. The molecule has 0 aliphatic heterocycles. The van der Waals surface area contributed by atoms with E-state index in [4.69, 9.17) is 0 Å². The standard InChI is InChI=1S/C25H33NO/c1-10-20(27)21-22(24(2,3)4)18(17-14-12-11-13-15-17)16-19(26(8)9)23(21)25(5,6)7/h10-16H,1H2,2-9H3. The molecule has 0 saturated carbocycles. The summed E-state index contributed by atoms with van der Waals surface area (Å²) in [4.78, 5) is 15.3. The molecule has 0 saturated heterocycles. The first-order valence-electron chi connectivity index (χ1n) is 9.51. The number of allylic oxidation sites excluding steroid dienone is 1. The first-order valence-corrected chi connectivity index (χ1v) is 9.51. The summed E-state index contributed by atoms with van der Waals surface area (Å²) >= 11 is 0. The molecule has 144 valence electrons. The molecule has 2 aromatic carbocycles. The van der Waals surface area contributed by atoms with Gasteiger partial charge in [0, 0.05) is 25.3 Å². The van der Waals surface area contributed by atoms with Crippen molar-refractivity contribution in [2.75, 3.05) is 19.0 Å². The van der Waals surface area contributed by atoms with E-state index in [0.29, 0.717) is 0 Å². The third kappa shape index (κ3) is 4.16. The van der Waals surface area contributed by atoms with Crippen molar-refractivity contribution in [1.29, 1.82) is 0 Å². The Morgan fingerprint density at radius 3 is 1.85 bits per heavy atom. The van der Waals surface area contributed by atoms with Crippen LogP contribution in [0.15, 0.2) is 49.1 Å². The van der Waals surface area contributed by atoms with Gasteiger partial charge in [-0.1, -0.05) is 78.5 Å². The summed E-state index contributed by atoms with van der Waals surface area (Å²) in [6, 6.07) is 12.6. The van der Waals surface area contributed by atoms with Crippen LogP contribution in [0.3, 0.4) is 0 Å². The lowest BCUT2D eigenvalue weighted by Gasteiger charge is -2.35. The summed E-state index contributed by atoms with van der Waals surface area (Å²) < 4.78 is 0. The van der Waals surface area contributed by atoms with E-state index < -0.39 is 0 Å². The summed E-state index contributed by atoms with van der Waals surface area (Å²) in [6.45, 7) is 16.8. The molecule has 0 atom stereocenters. The summed E-state index contributed by atoms with van der Waals surface area (Å²) in [5, 5.41) is 0. The van der Waals surface area contributed by atoms with Gasteiger partial charge in [-0.05, 0) is 45.2 Å². The smallest absolute Gasteiger partial charge is 0.185 e. The van der Waals surface area contributed by atoms with Gasteiger partial charge in [-0.15, -0.1) is 0 Å². The third-order valence-electron chi connectivity index (χ3n) is 4.80. The van der Waals surface area contributed by atoms with Crippen LogP contribution in [-0.2, 0) is 10.8 Å². The molecular weight excluding hydrogens is 330 g/mol. The van der Waals surface area contributed by atoms with Gasteiger partial charge in [0.1, 0.15) is 0 Å². The van der Waals surface area contributed by atoms with Gasteiger partial charge in [0.05, 0.1) is 0 Å². The number of carbonyl (C=O) groups excluding carboxylic acids is 1. The summed E-state index contributed by atoms with van der Waals surface area (Å²) in [7, 11) is 4.08. The molecule has 0 bridgehead atoms. The maximum Gasteiger partial charge on any atom is 0.185 e. The number of nitrogens with zero attached hydrogens (tertiary/aromatic N) is 1. The number of hydrogen-bond acceptors (Lipinski definition) is 2. The van der Waals surface area contributed by atoms with Crippen LogP contribution in [0.2, 0.25) is 0 Å². The quantitative estimate of drug-likeness (QED) is 0.464. The van der Waals surface area contributed by atoms with E-state index in [0.717, 1.165) is 33.5 Å². The minimum absolute atomic E-state index is 0.00858. The van der Waals surface area contributed by atoms with Crippen LogP contribution in [0.5, 0.6) is 0 Å². The highest BCUT2D eigenvalue weighted by molar-refractivity contribution is 6.09. The van der Waals surface area contributed by atoms with Gasteiger partial charge in [-0.2, -0.15) is 0 Å². The van der Waals surface area contributed by atoms with Crippen molar-refractivity contribution in [2.24, 2.45) is 0 Å². The Morgan fingerprint density at radius 2 is 1.44 bits per heavy atom. The zero-order chi connectivity index (χ0) is 20.6.